The molecule has 2 aromatic carbocycles. The van der Waals surface area contributed by atoms with E-state index in [1.165, 1.54) is 24.5 Å². The molecule has 1 aliphatic heterocycles. The molecule has 0 spiro atoms. The Balaban J connectivity index is 1.69. The number of halogens is 1. The first-order chi connectivity index (χ1) is 11.8. The van der Waals surface area contributed by atoms with E-state index in [1.807, 2.05) is 24.3 Å². The molecular formula is C20H25FN2O. The van der Waals surface area contributed by atoms with Crippen molar-refractivity contribution >= 4 is 0 Å². The maximum absolute atomic E-state index is 13.8. The largest absolute Gasteiger partial charge is 0.497 e. The van der Waals surface area contributed by atoms with Crippen molar-refractivity contribution in [2.24, 2.45) is 0 Å². The molecule has 1 unspecified atom stereocenters. The molecule has 3 nitrogen and oxygen atoms in total. The van der Waals surface area contributed by atoms with Gasteiger partial charge in [-0.25, -0.2) is 4.39 Å². The SMILES string of the molecule is COc1cccc(C(CNCc2ccccc2F)N2CCCC2)c1. The smallest absolute Gasteiger partial charge is 0.127 e. The number of hydrogen-bond donors (Lipinski definition) is 1. The molecule has 1 saturated heterocycles. The Hall–Kier alpha value is -1.91. The van der Waals surface area contributed by atoms with Crippen molar-refractivity contribution in [1.29, 1.82) is 0 Å². The average Bonchev–Trinajstić information content (AvgIpc) is 3.14. The van der Waals surface area contributed by atoms with Crippen LogP contribution in [0.2, 0.25) is 0 Å². The van der Waals surface area contributed by atoms with Crippen LogP contribution in [-0.4, -0.2) is 31.6 Å². The lowest BCUT2D eigenvalue weighted by atomic mass is 10.0. The Labute approximate surface area is 143 Å². The Morgan fingerprint density at radius 3 is 2.67 bits per heavy atom. The van der Waals surface area contributed by atoms with E-state index in [0.29, 0.717) is 12.1 Å². The number of benzene rings is 2. The second-order valence-electron chi connectivity index (χ2n) is 6.26. The van der Waals surface area contributed by atoms with Crippen LogP contribution in [0.25, 0.3) is 0 Å². The summed E-state index contributed by atoms with van der Waals surface area (Å²) in [4.78, 5) is 2.50. The van der Waals surface area contributed by atoms with Crippen LogP contribution in [0.5, 0.6) is 5.75 Å². The Morgan fingerprint density at radius 1 is 1.12 bits per heavy atom. The van der Waals surface area contributed by atoms with E-state index < -0.39 is 0 Å². The van der Waals surface area contributed by atoms with Gasteiger partial charge in [0.05, 0.1) is 7.11 Å². The van der Waals surface area contributed by atoms with Crippen molar-refractivity contribution in [2.75, 3.05) is 26.7 Å². The van der Waals surface area contributed by atoms with Gasteiger partial charge < -0.3 is 10.1 Å². The molecule has 128 valence electrons. The minimum Gasteiger partial charge on any atom is -0.497 e. The summed E-state index contributed by atoms with van der Waals surface area (Å²) in [5.74, 6) is 0.731. The zero-order chi connectivity index (χ0) is 16.8. The molecule has 4 heteroatoms. The third kappa shape index (κ3) is 4.13. The fraction of sp³-hybridized carbons (Fsp3) is 0.400. The van der Waals surface area contributed by atoms with Crippen LogP contribution >= 0.6 is 0 Å². The van der Waals surface area contributed by atoms with Crippen molar-refractivity contribution in [1.82, 2.24) is 10.2 Å². The lowest BCUT2D eigenvalue weighted by Gasteiger charge is -2.28. The Bertz CT molecular complexity index is 656. The molecule has 3 rings (SSSR count). The number of rotatable bonds is 7. The number of hydrogen-bond acceptors (Lipinski definition) is 3. The number of ether oxygens (including phenoxy) is 1. The highest BCUT2D eigenvalue weighted by Crippen LogP contribution is 2.27. The molecule has 0 aromatic heterocycles. The summed E-state index contributed by atoms with van der Waals surface area (Å²) in [5, 5.41) is 3.43. The molecule has 1 heterocycles. The molecule has 1 atom stereocenters. The molecule has 2 aromatic rings. The average molecular weight is 328 g/mol. The van der Waals surface area contributed by atoms with Gasteiger partial charge >= 0.3 is 0 Å². The second-order valence-corrected chi connectivity index (χ2v) is 6.26. The summed E-state index contributed by atoms with van der Waals surface area (Å²) < 4.78 is 19.1. The molecule has 0 saturated carbocycles. The molecule has 1 fully saturated rings. The van der Waals surface area contributed by atoms with E-state index in [4.69, 9.17) is 4.74 Å². The van der Waals surface area contributed by atoms with E-state index in [2.05, 4.69) is 22.3 Å². The highest BCUT2D eigenvalue weighted by atomic mass is 19.1. The zero-order valence-electron chi connectivity index (χ0n) is 14.2. The van der Waals surface area contributed by atoms with Crippen LogP contribution < -0.4 is 10.1 Å². The first kappa shape index (κ1) is 16.9. The molecular weight excluding hydrogens is 303 g/mol. The second kappa shape index (κ2) is 8.27. The van der Waals surface area contributed by atoms with Gasteiger partial charge in [0.25, 0.3) is 0 Å². The summed E-state index contributed by atoms with van der Waals surface area (Å²) in [5.41, 5.74) is 1.96. The van der Waals surface area contributed by atoms with E-state index in [0.717, 1.165) is 25.4 Å². The van der Waals surface area contributed by atoms with Gasteiger partial charge in [-0.1, -0.05) is 30.3 Å². The standard InChI is InChI=1S/C20H25FN2O/c1-24-18-9-6-8-16(13-18)20(23-11-4-5-12-23)15-22-14-17-7-2-3-10-19(17)21/h2-3,6-10,13,20,22H,4-5,11-12,14-15H2,1H3. The molecule has 1 N–H and O–H groups in total. The lowest BCUT2D eigenvalue weighted by molar-refractivity contribution is 0.237. The van der Waals surface area contributed by atoms with Crippen molar-refractivity contribution in [3.05, 3.63) is 65.5 Å². The number of likely N-dealkylation sites (tertiary alicyclic amines) is 1. The summed E-state index contributed by atoms with van der Waals surface area (Å²) in [7, 11) is 1.69. The third-order valence-electron chi connectivity index (χ3n) is 4.67. The third-order valence-corrected chi connectivity index (χ3v) is 4.67. The summed E-state index contributed by atoms with van der Waals surface area (Å²) in [6, 6.07) is 15.5. The number of nitrogens with one attached hydrogen (secondary N) is 1. The monoisotopic (exact) mass is 328 g/mol. The molecule has 0 amide bonds. The molecule has 0 radical (unpaired) electrons. The maximum Gasteiger partial charge on any atom is 0.127 e. The van der Waals surface area contributed by atoms with Gasteiger partial charge in [-0.3, -0.25) is 4.90 Å². The first-order valence-corrected chi connectivity index (χ1v) is 8.60. The van der Waals surface area contributed by atoms with Crippen molar-refractivity contribution < 1.29 is 9.13 Å². The fourth-order valence-electron chi connectivity index (χ4n) is 3.35. The van der Waals surface area contributed by atoms with Gasteiger partial charge in [-0.2, -0.15) is 0 Å². The summed E-state index contributed by atoms with van der Waals surface area (Å²) in [6.07, 6.45) is 2.49. The lowest BCUT2D eigenvalue weighted by Crippen LogP contribution is -2.34. The van der Waals surface area contributed by atoms with Crippen LogP contribution in [0.3, 0.4) is 0 Å². The van der Waals surface area contributed by atoms with Crippen molar-refractivity contribution in [3.8, 4) is 5.75 Å². The minimum atomic E-state index is -0.149. The fourth-order valence-corrected chi connectivity index (χ4v) is 3.35. The van der Waals surface area contributed by atoms with Gasteiger partial charge in [0, 0.05) is 24.7 Å². The van der Waals surface area contributed by atoms with E-state index >= 15 is 0 Å². The van der Waals surface area contributed by atoms with Gasteiger partial charge in [0.1, 0.15) is 11.6 Å². The zero-order valence-corrected chi connectivity index (χ0v) is 14.2. The number of nitrogens with zero attached hydrogens (tertiary/aromatic N) is 1. The normalized spacial score (nSPS) is 16.2. The maximum atomic E-state index is 13.8. The minimum absolute atomic E-state index is 0.149. The molecule has 1 aliphatic rings. The predicted molar refractivity (Wildman–Crippen MR) is 94.6 cm³/mol. The summed E-state index contributed by atoms with van der Waals surface area (Å²) in [6.45, 7) is 3.56. The predicted octanol–water partition coefficient (Wildman–Crippen LogP) is 3.76. The highest BCUT2D eigenvalue weighted by molar-refractivity contribution is 5.31. The van der Waals surface area contributed by atoms with Gasteiger partial charge in [0.15, 0.2) is 0 Å². The van der Waals surface area contributed by atoms with Gasteiger partial charge in [0.2, 0.25) is 0 Å². The van der Waals surface area contributed by atoms with Crippen LogP contribution in [0, 0.1) is 5.82 Å². The van der Waals surface area contributed by atoms with E-state index in [9.17, 15) is 4.39 Å². The van der Waals surface area contributed by atoms with Crippen molar-refractivity contribution in [3.63, 3.8) is 0 Å². The highest BCUT2D eigenvalue weighted by Gasteiger charge is 2.23. The first-order valence-electron chi connectivity index (χ1n) is 8.60. The quantitative estimate of drug-likeness (QED) is 0.837. The Kier molecular flexibility index (Phi) is 5.83. The van der Waals surface area contributed by atoms with Crippen LogP contribution in [-0.2, 0) is 6.54 Å². The van der Waals surface area contributed by atoms with E-state index in [-0.39, 0.29) is 11.9 Å². The molecule has 0 aliphatic carbocycles. The van der Waals surface area contributed by atoms with Crippen LogP contribution in [0.4, 0.5) is 4.39 Å². The topological polar surface area (TPSA) is 24.5 Å². The number of methoxy groups -OCH3 is 1. The molecule has 0 bridgehead atoms. The van der Waals surface area contributed by atoms with Crippen LogP contribution in [0.1, 0.15) is 30.0 Å². The van der Waals surface area contributed by atoms with Crippen molar-refractivity contribution in [2.45, 2.75) is 25.4 Å². The van der Waals surface area contributed by atoms with E-state index in [1.54, 1.807) is 13.2 Å². The summed E-state index contributed by atoms with van der Waals surface area (Å²) >= 11 is 0. The van der Waals surface area contributed by atoms with Gasteiger partial charge in [-0.05, 0) is 49.7 Å². The van der Waals surface area contributed by atoms with Gasteiger partial charge in [-0.15, -0.1) is 0 Å². The van der Waals surface area contributed by atoms with Crippen LogP contribution in [0.15, 0.2) is 48.5 Å². The molecule has 24 heavy (non-hydrogen) atoms. The Morgan fingerprint density at radius 2 is 1.92 bits per heavy atom.